The van der Waals surface area contributed by atoms with Gasteiger partial charge in [0.2, 0.25) is 10.0 Å². The number of hydrogen-bond acceptors (Lipinski definition) is 3. The van der Waals surface area contributed by atoms with Crippen LogP contribution in [-0.2, 0) is 16.6 Å². The lowest BCUT2D eigenvalue weighted by molar-refractivity contribution is 0.467. The van der Waals surface area contributed by atoms with Crippen LogP contribution < -0.4 is 0 Å². The van der Waals surface area contributed by atoms with Gasteiger partial charge in [0.15, 0.2) is 0 Å². The molecule has 0 atom stereocenters. The molecule has 0 fully saturated rings. The van der Waals surface area contributed by atoms with Crippen LogP contribution in [0, 0.1) is 6.92 Å². The van der Waals surface area contributed by atoms with Crippen molar-refractivity contribution in [1.29, 1.82) is 0 Å². The first-order valence-corrected chi connectivity index (χ1v) is 6.08. The van der Waals surface area contributed by atoms with E-state index in [1.807, 2.05) is 25.1 Å². The van der Waals surface area contributed by atoms with Crippen LogP contribution in [0.5, 0.6) is 0 Å². The predicted octanol–water partition coefficient (Wildman–Crippen LogP) is 0.781. The third kappa shape index (κ3) is 3.08. The molecule has 0 bridgehead atoms. The third-order valence-corrected chi connectivity index (χ3v) is 3.16. The summed E-state index contributed by atoms with van der Waals surface area (Å²) in [7, 11) is -1.58. The summed E-state index contributed by atoms with van der Waals surface area (Å²) in [5, 5.41) is 0. The lowest BCUT2D eigenvalue weighted by Gasteiger charge is -2.13. The van der Waals surface area contributed by atoms with E-state index in [0.29, 0.717) is 6.54 Å². The first kappa shape index (κ1) is 11.1. The summed E-state index contributed by atoms with van der Waals surface area (Å²) < 4.78 is 23.5. The number of aromatic nitrogens is 1. The van der Waals surface area contributed by atoms with Crippen molar-refractivity contribution in [3.8, 4) is 0 Å². The van der Waals surface area contributed by atoms with E-state index >= 15 is 0 Å². The minimum atomic E-state index is -3.12. The average molecular weight is 214 g/mol. The summed E-state index contributed by atoms with van der Waals surface area (Å²) in [5.41, 5.74) is 1.65. The summed E-state index contributed by atoms with van der Waals surface area (Å²) in [6, 6.07) is 5.56. The molecule has 0 saturated carbocycles. The van der Waals surface area contributed by atoms with Gasteiger partial charge < -0.3 is 0 Å². The fourth-order valence-corrected chi connectivity index (χ4v) is 1.40. The third-order valence-electron chi connectivity index (χ3n) is 1.90. The van der Waals surface area contributed by atoms with E-state index in [1.54, 1.807) is 7.05 Å². The summed E-state index contributed by atoms with van der Waals surface area (Å²) in [6.45, 7) is 2.20. The molecule has 1 aromatic heterocycles. The Hall–Kier alpha value is -0.940. The Morgan fingerprint density at radius 3 is 2.57 bits per heavy atom. The first-order chi connectivity index (χ1) is 6.39. The van der Waals surface area contributed by atoms with E-state index in [4.69, 9.17) is 0 Å². The smallest absolute Gasteiger partial charge is 0.211 e. The Morgan fingerprint density at radius 2 is 2.07 bits per heavy atom. The Morgan fingerprint density at radius 1 is 1.43 bits per heavy atom. The lowest BCUT2D eigenvalue weighted by atomic mass is 10.3. The van der Waals surface area contributed by atoms with Gasteiger partial charge in [0.1, 0.15) is 0 Å². The molecule has 0 N–H and O–H groups in total. The maximum absolute atomic E-state index is 11.1. The zero-order valence-corrected chi connectivity index (χ0v) is 9.37. The van der Waals surface area contributed by atoms with Gasteiger partial charge in [0.25, 0.3) is 0 Å². The Labute approximate surface area is 84.6 Å². The van der Waals surface area contributed by atoms with Gasteiger partial charge in [0.05, 0.1) is 18.5 Å². The molecular formula is C9H14N2O2S. The maximum atomic E-state index is 11.1. The molecule has 0 amide bonds. The van der Waals surface area contributed by atoms with Gasteiger partial charge in [-0.1, -0.05) is 6.07 Å². The highest BCUT2D eigenvalue weighted by atomic mass is 32.2. The number of nitrogens with zero attached hydrogens (tertiary/aromatic N) is 2. The van der Waals surface area contributed by atoms with Crippen LogP contribution >= 0.6 is 0 Å². The monoisotopic (exact) mass is 214 g/mol. The minimum Gasteiger partial charge on any atom is -0.257 e. The average Bonchev–Trinajstić information content (AvgIpc) is 2.02. The molecule has 0 aliphatic rings. The van der Waals surface area contributed by atoms with Gasteiger partial charge in [-0.15, -0.1) is 0 Å². The van der Waals surface area contributed by atoms with Gasteiger partial charge in [-0.2, -0.15) is 4.31 Å². The molecule has 0 radical (unpaired) electrons. The minimum absolute atomic E-state index is 0.320. The topological polar surface area (TPSA) is 50.3 Å². The molecule has 0 aromatic carbocycles. The molecule has 0 aliphatic heterocycles. The molecule has 4 nitrogen and oxygen atoms in total. The SMILES string of the molecule is Cc1cccc(CN(C)S(C)(=O)=O)n1. The van der Waals surface area contributed by atoms with Crippen LogP contribution in [0.3, 0.4) is 0 Å². The highest BCUT2D eigenvalue weighted by molar-refractivity contribution is 7.88. The van der Waals surface area contributed by atoms with Crippen molar-refractivity contribution in [2.75, 3.05) is 13.3 Å². The van der Waals surface area contributed by atoms with Crippen LogP contribution in [-0.4, -0.2) is 31.0 Å². The Balaban J connectivity index is 2.80. The van der Waals surface area contributed by atoms with Crippen molar-refractivity contribution in [1.82, 2.24) is 9.29 Å². The molecule has 5 heteroatoms. The van der Waals surface area contributed by atoms with Crippen LogP contribution in [0.4, 0.5) is 0 Å². The molecule has 1 aromatic rings. The van der Waals surface area contributed by atoms with E-state index < -0.39 is 10.0 Å². The zero-order chi connectivity index (χ0) is 10.8. The second-order valence-electron chi connectivity index (χ2n) is 3.29. The van der Waals surface area contributed by atoms with Crippen LogP contribution in [0.2, 0.25) is 0 Å². The highest BCUT2D eigenvalue weighted by Crippen LogP contribution is 2.04. The maximum Gasteiger partial charge on any atom is 0.211 e. The normalized spacial score (nSPS) is 12.0. The first-order valence-electron chi connectivity index (χ1n) is 4.23. The summed E-state index contributed by atoms with van der Waals surface area (Å²) in [5.74, 6) is 0. The molecule has 0 aliphatic carbocycles. The van der Waals surface area contributed by atoms with E-state index in [-0.39, 0.29) is 0 Å². The predicted molar refractivity (Wildman–Crippen MR) is 55.3 cm³/mol. The second kappa shape index (κ2) is 4.06. The number of aryl methyl sites for hydroxylation is 1. The van der Waals surface area contributed by atoms with Gasteiger partial charge in [-0.05, 0) is 19.1 Å². The van der Waals surface area contributed by atoms with Gasteiger partial charge in [-0.25, -0.2) is 8.42 Å². The van der Waals surface area contributed by atoms with E-state index in [9.17, 15) is 8.42 Å². The second-order valence-corrected chi connectivity index (χ2v) is 5.38. The molecule has 1 heterocycles. The van der Waals surface area contributed by atoms with Crippen molar-refractivity contribution in [2.45, 2.75) is 13.5 Å². The zero-order valence-electron chi connectivity index (χ0n) is 8.56. The number of hydrogen-bond donors (Lipinski definition) is 0. The Kier molecular flexibility index (Phi) is 3.23. The van der Waals surface area contributed by atoms with Crippen LogP contribution in [0.25, 0.3) is 0 Å². The Bertz CT molecular complexity index is 415. The van der Waals surface area contributed by atoms with Crippen LogP contribution in [0.1, 0.15) is 11.4 Å². The number of sulfonamides is 1. The highest BCUT2D eigenvalue weighted by Gasteiger charge is 2.11. The number of pyridine rings is 1. The molecule has 0 spiro atoms. The van der Waals surface area contributed by atoms with Crippen LogP contribution in [0.15, 0.2) is 18.2 Å². The van der Waals surface area contributed by atoms with Crippen molar-refractivity contribution in [2.24, 2.45) is 0 Å². The molecular weight excluding hydrogens is 200 g/mol. The van der Waals surface area contributed by atoms with E-state index in [1.165, 1.54) is 10.6 Å². The van der Waals surface area contributed by atoms with Crippen molar-refractivity contribution >= 4 is 10.0 Å². The fourth-order valence-electron chi connectivity index (χ4n) is 1.03. The molecule has 1 rings (SSSR count). The molecule has 0 saturated heterocycles. The van der Waals surface area contributed by atoms with Gasteiger partial charge >= 0.3 is 0 Å². The van der Waals surface area contributed by atoms with Crippen molar-refractivity contribution in [3.63, 3.8) is 0 Å². The summed E-state index contributed by atoms with van der Waals surface area (Å²) in [4.78, 5) is 4.22. The largest absolute Gasteiger partial charge is 0.257 e. The van der Waals surface area contributed by atoms with E-state index in [2.05, 4.69) is 4.98 Å². The van der Waals surface area contributed by atoms with Crippen molar-refractivity contribution in [3.05, 3.63) is 29.6 Å². The van der Waals surface area contributed by atoms with Crippen molar-refractivity contribution < 1.29 is 8.42 Å². The number of rotatable bonds is 3. The van der Waals surface area contributed by atoms with Gasteiger partial charge in [-0.3, -0.25) is 4.98 Å². The fraction of sp³-hybridized carbons (Fsp3) is 0.444. The molecule has 78 valence electrons. The summed E-state index contributed by atoms with van der Waals surface area (Å²) >= 11 is 0. The standard InChI is InChI=1S/C9H14N2O2S/c1-8-5-4-6-9(10-8)7-11(2)14(3,12)13/h4-6H,7H2,1-3H3. The molecule has 14 heavy (non-hydrogen) atoms. The summed E-state index contributed by atoms with van der Waals surface area (Å²) in [6.07, 6.45) is 1.18. The van der Waals surface area contributed by atoms with Gasteiger partial charge in [0, 0.05) is 12.7 Å². The lowest BCUT2D eigenvalue weighted by Crippen LogP contribution is -2.25. The molecule has 0 unspecified atom stereocenters. The van der Waals surface area contributed by atoms with E-state index in [0.717, 1.165) is 11.4 Å². The quantitative estimate of drug-likeness (QED) is 0.747.